The van der Waals surface area contributed by atoms with Crippen molar-refractivity contribution in [3.63, 3.8) is 0 Å². The molecular weight excluding hydrogens is 661 g/mol. The van der Waals surface area contributed by atoms with Crippen molar-refractivity contribution in [2.45, 2.75) is 52.4 Å². The van der Waals surface area contributed by atoms with Gasteiger partial charge in [-0.2, -0.15) is 0 Å². The van der Waals surface area contributed by atoms with E-state index in [1.807, 2.05) is 24.4 Å². The Labute approximate surface area is 245 Å². The Bertz CT molecular complexity index is 1720. The number of anilines is 3. The minimum atomic E-state index is -0.210. The van der Waals surface area contributed by atoms with Gasteiger partial charge in [-0.25, -0.2) is 4.98 Å². The summed E-state index contributed by atoms with van der Waals surface area (Å²) < 4.78 is 0. The number of hydrogen-bond acceptors (Lipinski definition) is 4. The first-order valence-electron chi connectivity index (χ1n) is 13.1. The first-order valence-corrected chi connectivity index (χ1v) is 13.1. The van der Waals surface area contributed by atoms with Gasteiger partial charge in [0.05, 0.1) is 0 Å². The van der Waals surface area contributed by atoms with Crippen LogP contribution >= 0.6 is 0 Å². The monoisotopic (exact) mass is 693 g/mol. The number of aromatic nitrogens is 2. The zero-order valence-electron chi connectivity index (χ0n) is 23.1. The molecule has 0 amide bonds. The van der Waals surface area contributed by atoms with Crippen LogP contribution in [0.15, 0.2) is 79.0 Å². The summed E-state index contributed by atoms with van der Waals surface area (Å²) in [6, 6.07) is 28.5. The molecule has 4 nitrogen and oxygen atoms in total. The SMILES string of the molecule is Cc1ccnc(N2c3[c-]c(-c4ccc5c(C(C)(C)C)ccc(O)c5n4)ccc3C(C)(C)c3ccccc32)c1.[Pt]. The molecule has 0 bridgehead atoms. The van der Waals surface area contributed by atoms with Crippen molar-refractivity contribution in [3.05, 3.63) is 107 Å². The smallest absolute Gasteiger partial charge is 0.140 e. The second-order valence-corrected chi connectivity index (χ2v) is 11.8. The van der Waals surface area contributed by atoms with Crippen LogP contribution in [0.4, 0.5) is 17.2 Å². The Morgan fingerprint density at radius 3 is 2.41 bits per heavy atom. The summed E-state index contributed by atoms with van der Waals surface area (Å²) in [5.41, 5.74) is 8.81. The first-order chi connectivity index (χ1) is 18.1. The second kappa shape index (κ2) is 9.61. The molecule has 5 heteroatoms. The van der Waals surface area contributed by atoms with Crippen molar-refractivity contribution in [3.8, 4) is 17.0 Å². The van der Waals surface area contributed by atoms with E-state index in [1.54, 1.807) is 6.07 Å². The molecule has 0 unspecified atom stereocenters. The van der Waals surface area contributed by atoms with Crippen molar-refractivity contribution in [2.24, 2.45) is 0 Å². The van der Waals surface area contributed by atoms with Gasteiger partial charge in [-0.1, -0.05) is 76.6 Å². The number of phenols is 1. The number of fused-ring (bicyclic) bond motifs is 3. The number of nitrogens with zero attached hydrogens (tertiary/aromatic N) is 3. The average molecular weight is 694 g/mol. The molecule has 2 aromatic heterocycles. The summed E-state index contributed by atoms with van der Waals surface area (Å²) in [5.74, 6) is 1.05. The van der Waals surface area contributed by atoms with Gasteiger partial charge in [-0.05, 0) is 70.1 Å². The summed E-state index contributed by atoms with van der Waals surface area (Å²) in [4.78, 5) is 11.9. The summed E-state index contributed by atoms with van der Waals surface area (Å²) in [6.45, 7) is 13.1. The number of benzene rings is 3. The number of rotatable bonds is 2. The van der Waals surface area contributed by atoms with E-state index in [0.29, 0.717) is 5.52 Å². The van der Waals surface area contributed by atoms with E-state index < -0.39 is 0 Å². The molecule has 1 aliphatic rings. The van der Waals surface area contributed by atoms with Crippen LogP contribution in [0.25, 0.3) is 22.2 Å². The molecule has 0 spiro atoms. The Kier molecular flexibility index (Phi) is 6.67. The van der Waals surface area contributed by atoms with Crippen LogP contribution in [0.3, 0.4) is 0 Å². The van der Waals surface area contributed by atoms with Crippen LogP contribution < -0.4 is 4.90 Å². The van der Waals surface area contributed by atoms with Gasteiger partial charge in [-0.3, -0.25) is 4.98 Å². The van der Waals surface area contributed by atoms with Crippen molar-refractivity contribution < 1.29 is 26.2 Å². The molecule has 0 saturated heterocycles. The number of aromatic hydroxyl groups is 1. The van der Waals surface area contributed by atoms with Gasteiger partial charge < -0.3 is 10.0 Å². The normalized spacial score (nSPS) is 13.9. The van der Waals surface area contributed by atoms with E-state index in [1.165, 1.54) is 11.1 Å². The third kappa shape index (κ3) is 4.45. The van der Waals surface area contributed by atoms with Gasteiger partial charge in [0.25, 0.3) is 0 Å². The van der Waals surface area contributed by atoms with Crippen LogP contribution in [0.1, 0.15) is 56.9 Å². The minimum Gasteiger partial charge on any atom is -0.506 e. The van der Waals surface area contributed by atoms with Crippen LogP contribution in [-0.2, 0) is 31.9 Å². The third-order valence-electron chi connectivity index (χ3n) is 7.69. The maximum atomic E-state index is 10.7. The van der Waals surface area contributed by atoms with Crippen LogP contribution in [0, 0.1) is 13.0 Å². The Balaban J connectivity index is 0.00000308. The number of aryl methyl sites for hydroxylation is 1. The number of pyridine rings is 2. The summed E-state index contributed by atoms with van der Waals surface area (Å²) >= 11 is 0. The van der Waals surface area contributed by atoms with Crippen LogP contribution in [0.2, 0.25) is 0 Å². The molecule has 3 heterocycles. The minimum absolute atomic E-state index is 0. The van der Waals surface area contributed by atoms with Crippen LogP contribution in [0.5, 0.6) is 5.75 Å². The number of hydrogen-bond donors (Lipinski definition) is 1. The van der Waals surface area contributed by atoms with Crippen molar-refractivity contribution >= 4 is 28.1 Å². The molecular formula is C34H32N3OPt-. The maximum absolute atomic E-state index is 10.7. The fourth-order valence-electron chi connectivity index (χ4n) is 5.66. The Hall–Kier alpha value is -3.49. The molecule has 5 aromatic rings. The standard InChI is InChI=1S/C34H32N3O.Pt/c1-21-17-18-35-31(19-21)37-28-10-8-7-9-25(28)34(5,6)26-13-11-22(20-29(26)37)27-15-12-23-24(33(2,3)4)14-16-30(38)32(23)36-27;/h7-19,38H,1-6H3;/q-1;. The molecule has 1 N–H and O–H groups in total. The molecule has 6 rings (SSSR count). The van der Waals surface area contributed by atoms with E-state index in [0.717, 1.165) is 45.0 Å². The molecule has 200 valence electrons. The average Bonchev–Trinajstić information content (AvgIpc) is 2.88. The van der Waals surface area contributed by atoms with Gasteiger partial charge in [0.2, 0.25) is 0 Å². The summed E-state index contributed by atoms with van der Waals surface area (Å²) in [6.07, 6.45) is 1.86. The second-order valence-electron chi connectivity index (χ2n) is 11.8. The van der Waals surface area contributed by atoms with Crippen molar-refractivity contribution in [1.29, 1.82) is 0 Å². The summed E-state index contributed by atoms with van der Waals surface area (Å²) in [7, 11) is 0. The van der Waals surface area contributed by atoms with Gasteiger partial charge >= 0.3 is 0 Å². The molecule has 3 aromatic carbocycles. The molecule has 0 atom stereocenters. The van der Waals surface area contributed by atoms with Crippen molar-refractivity contribution in [1.82, 2.24) is 9.97 Å². The van der Waals surface area contributed by atoms with E-state index >= 15 is 0 Å². The quantitative estimate of drug-likeness (QED) is 0.189. The van der Waals surface area contributed by atoms with Gasteiger partial charge in [0.15, 0.2) is 0 Å². The Morgan fingerprint density at radius 2 is 1.67 bits per heavy atom. The van der Waals surface area contributed by atoms with E-state index in [9.17, 15) is 5.11 Å². The van der Waals surface area contributed by atoms with E-state index in [4.69, 9.17) is 9.97 Å². The topological polar surface area (TPSA) is 49.2 Å². The fraction of sp³-hybridized carbons (Fsp3) is 0.235. The molecule has 0 radical (unpaired) electrons. The third-order valence-corrected chi connectivity index (χ3v) is 7.69. The van der Waals surface area contributed by atoms with Gasteiger partial charge in [0, 0.05) is 38.3 Å². The predicted molar refractivity (Wildman–Crippen MR) is 156 cm³/mol. The molecule has 0 saturated carbocycles. The molecule has 1 aliphatic heterocycles. The number of phenolic OH excluding ortho intramolecular Hbond substituents is 1. The summed E-state index contributed by atoms with van der Waals surface area (Å²) in [5, 5.41) is 11.7. The van der Waals surface area contributed by atoms with Crippen LogP contribution in [-0.4, -0.2) is 15.1 Å². The zero-order valence-corrected chi connectivity index (χ0v) is 25.4. The fourth-order valence-corrected chi connectivity index (χ4v) is 5.66. The number of para-hydroxylation sites is 1. The van der Waals surface area contributed by atoms with E-state index in [2.05, 4.69) is 101 Å². The van der Waals surface area contributed by atoms with Crippen molar-refractivity contribution in [2.75, 3.05) is 4.90 Å². The van der Waals surface area contributed by atoms with E-state index in [-0.39, 0.29) is 37.6 Å². The maximum Gasteiger partial charge on any atom is 0.140 e. The van der Waals surface area contributed by atoms with Gasteiger partial charge in [0.1, 0.15) is 17.1 Å². The first kappa shape index (κ1) is 27.1. The molecule has 0 aliphatic carbocycles. The Morgan fingerprint density at radius 1 is 0.897 bits per heavy atom. The molecule has 0 fully saturated rings. The largest absolute Gasteiger partial charge is 0.506 e. The predicted octanol–water partition coefficient (Wildman–Crippen LogP) is 8.52. The zero-order chi connectivity index (χ0) is 26.8. The van der Waals surface area contributed by atoms with Gasteiger partial charge in [-0.15, -0.1) is 23.8 Å². The molecule has 39 heavy (non-hydrogen) atoms.